The van der Waals surface area contributed by atoms with Crippen LogP contribution >= 0.6 is 22.2 Å². The van der Waals surface area contributed by atoms with Crippen molar-refractivity contribution in [2.45, 2.75) is 45.3 Å². The van der Waals surface area contributed by atoms with Crippen LogP contribution in [0, 0.1) is 0 Å². The van der Waals surface area contributed by atoms with E-state index in [-0.39, 0.29) is 12.1 Å². The summed E-state index contributed by atoms with van der Waals surface area (Å²) in [5, 5.41) is 6.36. The Morgan fingerprint density at radius 1 is 1.32 bits per heavy atom. The minimum absolute atomic E-state index is 0.0134. The second kappa shape index (κ2) is 7.54. The monoisotopic (exact) mass is 382 g/mol. The van der Waals surface area contributed by atoms with Gasteiger partial charge in [0.2, 0.25) is 0 Å². The number of fused-ring (bicyclic) bond motifs is 1. The third kappa shape index (κ3) is 6.19. The maximum atomic E-state index is 12.0. The van der Waals surface area contributed by atoms with Gasteiger partial charge in [0, 0.05) is 11.4 Å². The van der Waals surface area contributed by atoms with Crippen molar-refractivity contribution in [3.63, 3.8) is 0 Å². The number of alkyl carbamates (subject to hydrolysis) is 1. The van der Waals surface area contributed by atoms with Gasteiger partial charge < -0.3 is 15.4 Å². The highest BCUT2D eigenvalue weighted by molar-refractivity contribution is 8.32. The highest BCUT2D eigenvalue weighted by Gasteiger charge is 2.26. The predicted molar refractivity (Wildman–Crippen MR) is 112 cm³/mol. The molecule has 2 rings (SSSR count). The van der Waals surface area contributed by atoms with Gasteiger partial charge in [0.05, 0.1) is 6.04 Å². The van der Waals surface area contributed by atoms with Gasteiger partial charge in [-0.05, 0) is 69.6 Å². The predicted octanol–water partition coefficient (Wildman–Crippen LogP) is 4.12. The van der Waals surface area contributed by atoms with Gasteiger partial charge in [-0.2, -0.15) is 0 Å². The topological polar surface area (TPSA) is 50.4 Å². The zero-order chi connectivity index (χ0) is 18.8. The lowest BCUT2D eigenvalue weighted by Gasteiger charge is -2.26. The Bertz CT molecular complexity index is 660. The summed E-state index contributed by atoms with van der Waals surface area (Å²) in [5.74, 6) is 0.922. The van der Waals surface area contributed by atoms with E-state index in [9.17, 15) is 4.79 Å². The molecule has 1 aliphatic carbocycles. The molecular formula is C19H30N2O2S2. The first kappa shape index (κ1) is 20.0. The summed E-state index contributed by atoms with van der Waals surface area (Å²) >= 11 is 5.53. The fourth-order valence-electron chi connectivity index (χ4n) is 2.74. The first-order chi connectivity index (χ1) is 11.4. The zero-order valence-corrected chi connectivity index (χ0v) is 17.7. The molecule has 0 saturated heterocycles. The second-order valence-corrected chi connectivity index (χ2v) is 13.3. The smallest absolute Gasteiger partial charge is 0.408 e. The SMILES string of the molecule is CC(C)(C)OC(=O)NC1CCc2cc(C(=S)NCS(C)(C)C)ccc21. The van der Waals surface area contributed by atoms with Crippen molar-refractivity contribution < 1.29 is 9.53 Å². The normalized spacial score (nSPS) is 17.6. The van der Waals surface area contributed by atoms with Crippen LogP contribution in [0.1, 0.15) is 49.9 Å². The van der Waals surface area contributed by atoms with Gasteiger partial charge in [-0.25, -0.2) is 14.8 Å². The molecule has 1 amide bonds. The highest BCUT2D eigenvalue weighted by atomic mass is 32.3. The molecule has 0 fully saturated rings. The van der Waals surface area contributed by atoms with Crippen LogP contribution < -0.4 is 10.6 Å². The van der Waals surface area contributed by atoms with Crippen molar-refractivity contribution in [1.29, 1.82) is 0 Å². The van der Waals surface area contributed by atoms with E-state index in [1.54, 1.807) is 0 Å². The summed E-state index contributed by atoms with van der Waals surface area (Å²) in [6, 6.07) is 6.29. The van der Waals surface area contributed by atoms with E-state index in [2.05, 4.69) is 41.5 Å². The number of thiocarbonyl (C=S) groups is 1. The number of rotatable bonds is 4. The molecule has 2 N–H and O–H groups in total. The van der Waals surface area contributed by atoms with Gasteiger partial charge in [-0.1, -0.05) is 24.4 Å². The van der Waals surface area contributed by atoms with Crippen molar-refractivity contribution in [2.24, 2.45) is 0 Å². The average molecular weight is 383 g/mol. The van der Waals surface area contributed by atoms with Crippen LogP contribution in [0.3, 0.4) is 0 Å². The number of carbonyl (C=O) groups excluding carboxylic acids is 1. The van der Waals surface area contributed by atoms with Crippen LogP contribution in [-0.4, -0.2) is 41.3 Å². The molecule has 0 heterocycles. The van der Waals surface area contributed by atoms with Crippen LogP contribution in [0.4, 0.5) is 4.79 Å². The first-order valence-corrected chi connectivity index (χ1v) is 11.9. The largest absolute Gasteiger partial charge is 0.444 e. The Hall–Kier alpha value is -1.27. The number of benzene rings is 1. The van der Waals surface area contributed by atoms with Crippen molar-refractivity contribution in [3.8, 4) is 0 Å². The first-order valence-electron chi connectivity index (χ1n) is 8.51. The Morgan fingerprint density at radius 3 is 2.60 bits per heavy atom. The summed E-state index contributed by atoms with van der Waals surface area (Å²) < 4.78 is 5.36. The molecular weight excluding hydrogens is 352 g/mol. The summed E-state index contributed by atoms with van der Waals surface area (Å²) in [4.78, 5) is 12.8. The molecule has 25 heavy (non-hydrogen) atoms. The van der Waals surface area contributed by atoms with Gasteiger partial charge >= 0.3 is 6.09 Å². The van der Waals surface area contributed by atoms with Gasteiger partial charge in [-0.15, -0.1) is 0 Å². The van der Waals surface area contributed by atoms with Crippen molar-refractivity contribution in [2.75, 3.05) is 24.6 Å². The van der Waals surface area contributed by atoms with Crippen LogP contribution in [0.5, 0.6) is 0 Å². The molecule has 1 aromatic rings. The minimum atomic E-state index is -0.636. The molecule has 1 unspecified atom stereocenters. The number of hydrogen-bond acceptors (Lipinski definition) is 3. The number of nitrogens with one attached hydrogen (secondary N) is 2. The van der Waals surface area contributed by atoms with E-state index in [4.69, 9.17) is 17.0 Å². The van der Waals surface area contributed by atoms with E-state index >= 15 is 0 Å². The molecule has 0 saturated carbocycles. The fourth-order valence-corrected chi connectivity index (χ4v) is 3.61. The molecule has 0 radical (unpaired) electrons. The quantitative estimate of drug-likeness (QED) is 0.769. The summed E-state index contributed by atoms with van der Waals surface area (Å²) in [7, 11) is -0.636. The highest BCUT2D eigenvalue weighted by Crippen LogP contribution is 2.34. The lowest BCUT2D eigenvalue weighted by Crippen LogP contribution is -2.34. The third-order valence-electron chi connectivity index (χ3n) is 3.84. The molecule has 0 aromatic heterocycles. The molecule has 0 aliphatic heterocycles. The number of aryl methyl sites for hydroxylation is 1. The van der Waals surface area contributed by atoms with Crippen molar-refractivity contribution in [3.05, 3.63) is 34.9 Å². The Balaban J connectivity index is 2.02. The van der Waals surface area contributed by atoms with E-state index in [1.807, 2.05) is 26.8 Å². The maximum Gasteiger partial charge on any atom is 0.408 e. The number of hydrogen-bond donors (Lipinski definition) is 2. The maximum absolute atomic E-state index is 12.0. The molecule has 1 atom stereocenters. The fraction of sp³-hybridized carbons (Fsp3) is 0.579. The van der Waals surface area contributed by atoms with Crippen molar-refractivity contribution >= 4 is 33.3 Å². The van der Waals surface area contributed by atoms with Crippen LogP contribution in [0.2, 0.25) is 0 Å². The summed E-state index contributed by atoms with van der Waals surface area (Å²) in [6.45, 7) is 5.61. The molecule has 0 spiro atoms. The Kier molecular flexibility index (Phi) is 6.05. The van der Waals surface area contributed by atoms with E-state index in [0.29, 0.717) is 0 Å². The third-order valence-corrected chi connectivity index (χ3v) is 5.23. The molecule has 1 aromatic carbocycles. The molecule has 140 valence electrons. The van der Waals surface area contributed by atoms with E-state index < -0.39 is 15.6 Å². The summed E-state index contributed by atoms with van der Waals surface area (Å²) in [5.41, 5.74) is 2.99. The van der Waals surface area contributed by atoms with Crippen LogP contribution in [0.25, 0.3) is 0 Å². The number of amides is 1. The number of carbonyl (C=O) groups is 1. The molecule has 1 aliphatic rings. The molecule has 0 bridgehead atoms. The van der Waals surface area contributed by atoms with Crippen LogP contribution in [-0.2, 0) is 11.2 Å². The molecule has 4 nitrogen and oxygen atoms in total. The van der Waals surface area contributed by atoms with Gasteiger partial charge in [0.25, 0.3) is 0 Å². The number of ether oxygens (including phenoxy) is 1. The minimum Gasteiger partial charge on any atom is -0.444 e. The Labute approximate surface area is 158 Å². The average Bonchev–Trinajstić information content (AvgIpc) is 2.84. The lowest BCUT2D eigenvalue weighted by molar-refractivity contribution is 0.0503. The second-order valence-electron chi connectivity index (χ2n) is 8.39. The van der Waals surface area contributed by atoms with Gasteiger partial charge in [0.1, 0.15) is 10.6 Å². The zero-order valence-electron chi connectivity index (χ0n) is 16.1. The van der Waals surface area contributed by atoms with E-state index in [0.717, 1.165) is 29.3 Å². The van der Waals surface area contributed by atoms with Crippen molar-refractivity contribution in [1.82, 2.24) is 10.6 Å². The summed E-state index contributed by atoms with van der Waals surface area (Å²) in [6.07, 6.45) is 8.26. The lowest BCUT2D eigenvalue weighted by atomic mass is 10.0. The van der Waals surface area contributed by atoms with Gasteiger partial charge in [-0.3, -0.25) is 0 Å². The van der Waals surface area contributed by atoms with Gasteiger partial charge in [0.15, 0.2) is 0 Å². The standard InChI is InChI=1S/C19H30N2O2S2/c1-19(2,3)23-18(22)21-16-10-8-13-11-14(7-9-15(13)16)17(24)20-12-25(4,5)6/h7,9,11,16H,8,10,12H2,1-6H3,(H,20,24)(H,21,22). The Morgan fingerprint density at radius 2 is 2.00 bits per heavy atom. The molecule has 6 heteroatoms. The van der Waals surface area contributed by atoms with E-state index in [1.165, 1.54) is 11.1 Å². The van der Waals surface area contributed by atoms with Crippen LogP contribution in [0.15, 0.2) is 18.2 Å².